The fraction of sp³-hybridized carbons (Fsp3) is 0.0833. The molecule has 2 aromatic heterocycles. The summed E-state index contributed by atoms with van der Waals surface area (Å²) in [4.78, 5) is 5.69. The van der Waals surface area contributed by atoms with Crippen LogP contribution in [0.2, 0.25) is 0 Å². The van der Waals surface area contributed by atoms with Gasteiger partial charge >= 0.3 is 0 Å². The van der Waals surface area contributed by atoms with Gasteiger partial charge in [-0.25, -0.2) is 4.98 Å². The first kappa shape index (κ1) is 10.1. The first-order valence-corrected chi connectivity index (χ1v) is 6.61. The quantitative estimate of drug-likeness (QED) is 0.659. The van der Waals surface area contributed by atoms with Crippen LogP contribution in [0.5, 0.6) is 0 Å². The molecule has 4 heteroatoms. The van der Waals surface area contributed by atoms with Crippen LogP contribution in [0.25, 0.3) is 16.2 Å². The predicted octanol–water partition coefficient (Wildman–Crippen LogP) is 4.13. The van der Waals surface area contributed by atoms with Crippen LogP contribution in [0, 0.1) is 6.92 Å². The van der Waals surface area contributed by atoms with Gasteiger partial charge in [-0.15, -0.1) is 11.3 Å². The fourth-order valence-corrected chi connectivity index (χ4v) is 2.97. The molecule has 0 saturated carbocycles. The van der Waals surface area contributed by atoms with Gasteiger partial charge in [-0.05, 0) is 19.1 Å². The van der Waals surface area contributed by atoms with Gasteiger partial charge < -0.3 is 0 Å². The monoisotopic (exact) mass is 292 g/mol. The number of rotatable bonds is 1. The standard InChI is InChI=1S/C12H9BrN2S/c1-8-11(9-3-2-4-10(13)7-9)14-12-15(8)5-6-16-12/h2-7H,1H3. The van der Waals surface area contributed by atoms with E-state index in [1.165, 1.54) is 5.69 Å². The third-order valence-electron chi connectivity index (χ3n) is 2.60. The molecule has 0 N–H and O–H groups in total. The number of benzene rings is 1. The summed E-state index contributed by atoms with van der Waals surface area (Å²) in [5, 5.41) is 2.06. The summed E-state index contributed by atoms with van der Waals surface area (Å²) in [7, 11) is 0. The maximum absolute atomic E-state index is 4.64. The molecule has 0 unspecified atom stereocenters. The zero-order valence-electron chi connectivity index (χ0n) is 8.64. The van der Waals surface area contributed by atoms with E-state index in [4.69, 9.17) is 0 Å². The number of fused-ring (bicyclic) bond motifs is 1. The van der Waals surface area contributed by atoms with Crippen molar-refractivity contribution in [3.63, 3.8) is 0 Å². The lowest BCUT2D eigenvalue weighted by Crippen LogP contribution is -1.84. The Kier molecular flexibility index (Phi) is 2.33. The molecule has 0 saturated heterocycles. The highest BCUT2D eigenvalue weighted by Gasteiger charge is 2.10. The largest absolute Gasteiger partial charge is 0.294 e. The van der Waals surface area contributed by atoms with Gasteiger partial charge in [0.05, 0.1) is 5.69 Å². The zero-order chi connectivity index (χ0) is 11.1. The number of thiazole rings is 1. The number of halogens is 1. The summed E-state index contributed by atoms with van der Waals surface area (Å²) in [5.41, 5.74) is 3.41. The van der Waals surface area contributed by atoms with Crippen LogP contribution in [0.15, 0.2) is 40.3 Å². The van der Waals surface area contributed by atoms with Crippen molar-refractivity contribution >= 4 is 32.2 Å². The van der Waals surface area contributed by atoms with Gasteiger partial charge in [-0.3, -0.25) is 4.40 Å². The minimum absolute atomic E-state index is 1.05. The van der Waals surface area contributed by atoms with Crippen molar-refractivity contribution in [3.05, 3.63) is 46.0 Å². The minimum Gasteiger partial charge on any atom is -0.294 e. The first-order valence-electron chi connectivity index (χ1n) is 4.94. The number of imidazole rings is 1. The van der Waals surface area contributed by atoms with Gasteiger partial charge in [0.1, 0.15) is 0 Å². The van der Waals surface area contributed by atoms with E-state index in [1.54, 1.807) is 11.3 Å². The van der Waals surface area contributed by atoms with E-state index in [0.717, 1.165) is 20.7 Å². The van der Waals surface area contributed by atoms with E-state index in [1.807, 2.05) is 12.1 Å². The first-order chi connectivity index (χ1) is 7.75. The molecule has 0 fully saturated rings. The summed E-state index contributed by atoms with van der Waals surface area (Å²) in [6.45, 7) is 2.10. The second-order valence-corrected chi connectivity index (χ2v) is 5.40. The topological polar surface area (TPSA) is 17.3 Å². The van der Waals surface area contributed by atoms with E-state index in [-0.39, 0.29) is 0 Å². The van der Waals surface area contributed by atoms with Crippen molar-refractivity contribution in [3.8, 4) is 11.3 Å². The Bertz CT molecular complexity index is 654. The van der Waals surface area contributed by atoms with E-state index in [9.17, 15) is 0 Å². The van der Waals surface area contributed by atoms with E-state index >= 15 is 0 Å². The Morgan fingerprint density at radius 1 is 1.38 bits per heavy atom. The van der Waals surface area contributed by atoms with Crippen LogP contribution in [-0.2, 0) is 0 Å². The van der Waals surface area contributed by atoms with Gasteiger partial charge in [-0.2, -0.15) is 0 Å². The Balaban J connectivity index is 2.25. The van der Waals surface area contributed by atoms with Crippen molar-refractivity contribution in [2.45, 2.75) is 6.92 Å². The molecule has 2 nitrogen and oxygen atoms in total. The van der Waals surface area contributed by atoms with Crippen molar-refractivity contribution in [2.75, 3.05) is 0 Å². The SMILES string of the molecule is Cc1c(-c2cccc(Br)c2)nc2sccn12. The lowest BCUT2D eigenvalue weighted by molar-refractivity contribution is 1.14. The minimum atomic E-state index is 1.05. The lowest BCUT2D eigenvalue weighted by Gasteiger charge is -1.99. The normalized spacial score (nSPS) is 11.1. The number of aryl methyl sites for hydroxylation is 1. The predicted molar refractivity (Wildman–Crippen MR) is 70.9 cm³/mol. The molecule has 3 rings (SSSR count). The highest BCUT2D eigenvalue weighted by Crippen LogP contribution is 2.27. The maximum Gasteiger partial charge on any atom is 0.194 e. The Hall–Kier alpha value is -1.13. The van der Waals surface area contributed by atoms with E-state index < -0.39 is 0 Å². The van der Waals surface area contributed by atoms with Gasteiger partial charge in [0, 0.05) is 27.3 Å². The molecule has 0 aliphatic rings. The third kappa shape index (κ3) is 1.49. The molecule has 0 bridgehead atoms. The molecule has 1 aromatic carbocycles. The molecular weight excluding hydrogens is 284 g/mol. The smallest absolute Gasteiger partial charge is 0.194 e. The highest BCUT2D eigenvalue weighted by atomic mass is 79.9. The van der Waals surface area contributed by atoms with Gasteiger partial charge in [0.2, 0.25) is 0 Å². The summed E-state index contributed by atoms with van der Waals surface area (Å²) in [6, 6.07) is 8.24. The van der Waals surface area contributed by atoms with Crippen LogP contribution in [-0.4, -0.2) is 9.38 Å². The van der Waals surface area contributed by atoms with E-state index in [2.05, 4.69) is 55.9 Å². The van der Waals surface area contributed by atoms with Crippen molar-refractivity contribution in [1.82, 2.24) is 9.38 Å². The zero-order valence-corrected chi connectivity index (χ0v) is 11.0. The summed E-state index contributed by atoms with van der Waals surface area (Å²) in [6.07, 6.45) is 2.06. The van der Waals surface area contributed by atoms with Crippen LogP contribution in [0.1, 0.15) is 5.69 Å². The van der Waals surface area contributed by atoms with Gasteiger partial charge in [-0.1, -0.05) is 28.1 Å². The maximum atomic E-state index is 4.64. The summed E-state index contributed by atoms with van der Waals surface area (Å²) >= 11 is 5.15. The number of hydrogen-bond donors (Lipinski definition) is 0. The molecule has 80 valence electrons. The molecule has 0 radical (unpaired) electrons. The van der Waals surface area contributed by atoms with Gasteiger partial charge in [0.25, 0.3) is 0 Å². The number of nitrogens with zero attached hydrogens (tertiary/aromatic N) is 2. The fourth-order valence-electron chi connectivity index (χ4n) is 1.81. The molecule has 0 aliphatic heterocycles. The number of aromatic nitrogens is 2. The molecule has 0 spiro atoms. The second kappa shape index (κ2) is 3.71. The summed E-state index contributed by atoms with van der Waals surface area (Å²) < 4.78 is 3.21. The van der Waals surface area contributed by atoms with Crippen LogP contribution in [0.3, 0.4) is 0 Å². The Labute approximate surface area is 106 Å². The molecular formula is C12H9BrN2S. The molecule has 0 aliphatic carbocycles. The summed E-state index contributed by atoms with van der Waals surface area (Å²) in [5.74, 6) is 0. The molecule has 16 heavy (non-hydrogen) atoms. The molecule has 0 atom stereocenters. The van der Waals surface area contributed by atoms with E-state index in [0.29, 0.717) is 0 Å². The highest BCUT2D eigenvalue weighted by molar-refractivity contribution is 9.10. The van der Waals surface area contributed by atoms with Crippen molar-refractivity contribution in [1.29, 1.82) is 0 Å². The van der Waals surface area contributed by atoms with Crippen LogP contribution >= 0.6 is 27.3 Å². The van der Waals surface area contributed by atoms with Crippen molar-refractivity contribution in [2.24, 2.45) is 0 Å². The number of hydrogen-bond acceptors (Lipinski definition) is 2. The average Bonchev–Trinajstić information content (AvgIpc) is 2.82. The molecule has 2 heterocycles. The Morgan fingerprint density at radius 3 is 3.00 bits per heavy atom. The molecule has 3 aromatic rings. The lowest BCUT2D eigenvalue weighted by atomic mass is 10.1. The average molecular weight is 293 g/mol. The van der Waals surface area contributed by atoms with Crippen molar-refractivity contribution < 1.29 is 0 Å². The third-order valence-corrected chi connectivity index (χ3v) is 3.85. The van der Waals surface area contributed by atoms with Crippen LogP contribution in [0.4, 0.5) is 0 Å². The molecule has 0 amide bonds. The van der Waals surface area contributed by atoms with Gasteiger partial charge in [0.15, 0.2) is 4.96 Å². The Morgan fingerprint density at radius 2 is 2.25 bits per heavy atom. The van der Waals surface area contributed by atoms with Crippen LogP contribution < -0.4 is 0 Å². The second-order valence-electron chi connectivity index (χ2n) is 3.61.